The molecule has 102 valence electrons. The molecule has 0 aromatic heterocycles. The average molecular weight is 255 g/mol. The van der Waals surface area contributed by atoms with Crippen molar-refractivity contribution in [3.63, 3.8) is 0 Å². The number of β-amino-alcohol motifs (C(OH)–C–C–N with tert-alkyl or cyclic N) is 1. The Morgan fingerprint density at radius 1 is 1.39 bits per heavy atom. The second-order valence-corrected chi connectivity index (χ2v) is 5.22. The van der Waals surface area contributed by atoms with Crippen LogP contribution in [0.2, 0.25) is 0 Å². The summed E-state index contributed by atoms with van der Waals surface area (Å²) in [6.45, 7) is 4.06. The number of aliphatic hydroxyl groups is 1. The van der Waals surface area contributed by atoms with Crippen molar-refractivity contribution in [2.75, 3.05) is 26.2 Å². The maximum absolute atomic E-state index is 11.7. The van der Waals surface area contributed by atoms with E-state index in [1.165, 1.54) is 0 Å². The Morgan fingerprint density at radius 2 is 2.06 bits per heavy atom. The Morgan fingerprint density at radius 3 is 2.67 bits per heavy atom. The van der Waals surface area contributed by atoms with Gasteiger partial charge in [-0.25, -0.2) is 0 Å². The highest BCUT2D eigenvalue weighted by Crippen LogP contribution is 2.22. The first-order chi connectivity index (χ1) is 8.54. The number of amides is 2. The number of nitrogens with one attached hydrogen (secondary N) is 2. The van der Waals surface area contributed by atoms with Gasteiger partial charge in [0.2, 0.25) is 11.8 Å². The standard InChI is InChI=1S/C12H21N3O3/c1-2-9-11(17)14-10(16)7-15(9)8-12(18)3-5-13-6-4-12/h9,13,18H,2-8H2,1H3,(H,14,16,17). The van der Waals surface area contributed by atoms with E-state index < -0.39 is 5.60 Å². The fraction of sp³-hybridized carbons (Fsp3) is 0.833. The minimum absolute atomic E-state index is 0.194. The molecule has 6 heteroatoms. The molecule has 2 aliphatic heterocycles. The van der Waals surface area contributed by atoms with Gasteiger partial charge in [0.1, 0.15) is 0 Å². The largest absolute Gasteiger partial charge is 0.388 e. The van der Waals surface area contributed by atoms with Crippen LogP contribution in [0.15, 0.2) is 0 Å². The molecule has 0 bridgehead atoms. The van der Waals surface area contributed by atoms with Crippen molar-refractivity contribution in [1.82, 2.24) is 15.5 Å². The van der Waals surface area contributed by atoms with Crippen LogP contribution in [-0.4, -0.2) is 59.6 Å². The molecule has 2 fully saturated rings. The fourth-order valence-corrected chi connectivity index (χ4v) is 2.76. The summed E-state index contributed by atoms with van der Waals surface area (Å²) in [4.78, 5) is 25.0. The number of piperidine rings is 1. The topological polar surface area (TPSA) is 81.7 Å². The summed E-state index contributed by atoms with van der Waals surface area (Å²) in [6, 6.07) is -0.304. The molecule has 18 heavy (non-hydrogen) atoms. The Bertz CT molecular complexity index is 339. The summed E-state index contributed by atoms with van der Waals surface area (Å²) in [7, 11) is 0. The molecule has 2 saturated heterocycles. The summed E-state index contributed by atoms with van der Waals surface area (Å²) in [5.74, 6) is -0.520. The van der Waals surface area contributed by atoms with Crippen LogP contribution in [0.3, 0.4) is 0 Å². The summed E-state index contributed by atoms with van der Waals surface area (Å²) in [5, 5.41) is 16.0. The molecule has 0 aliphatic carbocycles. The van der Waals surface area contributed by atoms with E-state index in [9.17, 15) is 14.7 Å². The lowest BCUT2D eigenvalue weighted by Gasteiger charge is -2.41. The molecule has 2 amide bonds. The molecule has 2 heterocycles. The number of hydrogen-bond donors (Lipinski definition) is 3. The lowest BCUT2D eigenvalue weighted by molar-refractivity contribution is -0.142. The fourth-order valence-electron chi connectivity index (χ4n) is 2.76. The second kappa shape index (κ2) is 5.34. The smallest absolute Gasteiger partial charge is 0.243 e. The lowest BCUT2D eigenvalue weighted by atomic mass is 9.90. The van der Waals surface area contributed by atoms with Crippen LogP contribution in [0.5, 0.6) is 0 Å². The zero-order valence-electron chi connectivity index (χ0n) is 10.7. The first-order valence-electron chi connectivity index (χ1n) is 6.55. The molecular formula is C12H21N3O3. The maximum atomic E-state index is 11.7. The van der Waals surface area contributed by atoms with Gasteiger partial charge in [0.15, 0.2) is 0 Å². The molecular weight excluding hydrogens is 234 g/mol. The van der Waals surface area contributed by atoms with Gasteiger partial charge in [-0.3, -0.25) is 19.8 Å². The van der Waals surface area contributed by atoms with Crippen molar-refractivity contribution in [2.45, 2.75) is 37.8 Å². The van der Waals surface area contributed by atoms with Crippen molar-refractivity contribution < 1.29 is 14.7 Å². The van der Waals surface area contributed by atoms with Gasteiger partial charge in [-0.1, -0.05) is 6.92 Å². The van der Waals surface area contributed by atoms with Crippen LogP contribution < -0.4 is 10.6 Å². The van der Waals surface area contributed by atoms with Gasteiger partial charge in [0.05, 0.1) is 18.2 Å². The number of imide groups is 1. The van der Waals surface area contributed by atoms with Gasteiger partial charge in [-0.2, -0.15) is 0 Å². The van der Waals surface area contributed by atoms with E-state index in [4.69, 9.17) is 0 Å². The Labute approximate surface area is 107 Å². The molecule has 6 nitrogen and oxygen atoms in total. The van der Waals surface area contributed by atoms with Gasteiger partial charge in [0.25, 0.3) is 0 Å². The van der Waals surface area contributed by atoms with Gasteiger partial charge in [0, 0.05) is 6.54 Å². The van der Waals surface area contributed by atoms with E-state index in [2.05, 4.69) is 10.6 Å². The number of piperazine rings is 1. The first-order valence-corrected chi connectivity index (χ1v) is 6.55. The predicted molar refractivity (Wildman–Crippen MR) is 65.9 cm³/mol. The van der Waals surface area contributed by atoms with Gasteiger partial charge >= 0.3 is 0 Å². The van der Waals surface area contributed by atoms with Crippen LogP contribution in [0, 0.1) is 0 Å². The normalized spacial score (nSPS) is 29.1. The van der Waals surface area contributed by atoms with Crippen LogP contribution >= 0.6 is 0 Å². The molecule has 0 radical (unpaired) electrons. The Hall–Kier alpha value is -0.980. The highest BCUT2D eigenvalue weighted by atomic mass is 16.3. The molecule has 0 aromatic carbocycles. The van der Waals surface area contributed by atoms with E-state index in [0.717, 1.165) is 13.1 Å². The monoisotopic (exact) mass is 255 g/mol. The van der Waals surface area contributed by atoms with E-state index in [-0.39, 0.29) is 24.4 Å². The first kappa shape index (κ1) is 13.5. The van der Waals surface area contributed by atoms with Crippen LogP contribution in [-0.2, 0) is 9.59 Å². The predicted octanol–water partition coefficient (Wildman–Crippen LogP) is -1.16. The average Bonchev–Trinajstić information content (AvgIpc) is 2.28. The molecule has 1 atom stereocenters. The molecule has 3 N–H and O–H groups in total. The summed E-state index contributed by atoms with van der Waals surface area (Å²) in [5.41, 5.74) is -0.781. The quantitative estimate of drug-likeness (QED) is 0.554. The Balaban J connectivity index is 2.05. The Kier molecular flexibility index (Phi) is 3.99. The lowest BCUT2D eigenvalue weighted by Crippen LogP contribution is -2.62. The number of hydrogen-bond acceptors (Lipinski definition) is 5. The van der Waals surface area contributed by atoms with E-state index in [1.807, 2.05) is 11.8 Å². The SMILES string of the molecule is CCC1C(=O)NC(=O)CN1CC1(O)CCNCC1. The van der Waals surface area contributed by atoms with E-state index in [1.54, 1.807) is 0 Å². The minimum atomic E-state index is -0.781. The van der Waals surface area contributed by atoms with Crippen molar-refractivity contribution >= 4 is 11.8 Å². The highest BCUT2D eigenvalue weighted by Gasteiger charge is 2.38. The van der Waals surface area contributed by atoms with Crippen LogP contribution in [0.1, 0.15) is 26.2 Å². The zero-order valence-corrected chi connectivity index (χ0v) is 10.7. The number of carbonyl (C=O) groups excluding carboxylic acids is 2. The number of rotatable bonds is 3. The highest BCUT2D eigenvalue weighted by molar-refractivity contribution is 6.01. The molecule has 0 aromatic rings. The van der Waals surface area contributed by atoms with Gasteiger partial charge in [-0.15, -0.1) is 0 Å². The third-order valence-corrected chi connectivity index (χ3v) is 3.77. The molecule has 1 unspecified atom stereocenters. The number of carbonyl (C=O) groups is 2. The summed E-state index contributed by atoms with van der Waals surface area (Å²) >= 11 is 0. The molecule has 0 spiro atoms. The summed E-state index contributed by atoms with van der Waals surface area (Å²) < 4.78 is 0. The zero-order chi connectivity index (χ0) is 13.2. The van der Waals surface area contributed by atoms with Crippen LogP contribution in [0.4, 0.5) is 0 Å². The molecule has 2 aliphatic rings. The molecule has 2 rings (SSSR count). The minimum Gasteiger partial charge on any atom is -0.388 e. The van der Waals surface area contributed by atoms with Gasteiger partial charge in [-0.05, 0) is 32.4 Å². The third kappa shape index (κ3) is 2.88. The van der Waals surface area contributed by atoms with Crippen molar-refractivity contribution in [2.24, 2.45) is 0 Å². The van der Waals surface area contributed by atoms with Crippen molar-refractivity contribution in [1.29, 1.82) is 0 Å². The van der Waals surface area contributed by atoms with E-state index >= 15 is 0 Å². The maximum Gasteiger partial charge on any atom is 0.243 e. The van der Waals surface area contributed by atoms with Crippen molar-refractivity contribution in [3.8, 4) is 0 Å². The van der Waals surface area contributed by atoms with Crippen LogP contribution in [0.25, 0.3) is 0 Å². The second-order valence-electron chi connectivity index (χ2n) is 5.22. The third-order valence-electron chi connectivity index (χ3n) is 3.77. The summed E-state index contributed by atoms with van der Waals surface area (Å²) in [6.07, 6.45) is 1.97. The van der Waals surface area contributed by atoms with Crippen molar-refractivity contribution in [3.05, 3.63) is 0 Å². The number of nitrogens with zero attached hydrogens (tertiary/aromatic N) is 1. The van der Waals surface area contributed by atoms with Gasteiger partial charge < -0.3 is 10.4 Å². The molecule has 0 saturated carbocycles. The van der Waals surface area contributed by atoms with E-state index in [0.29, 0.717) is 25.8 Å².